The lowest BCUT2D eigenvalue weighted by Crippen LogP contribution is -2.50. The van der Waals surface area contributed by atoms with E-state index in [2.05, 4.69) is 20.0 Å². The Kier molecular flexibility index (Phi) is 5.23. The second-order valence-corrected chi connectivity index (χ2v) is 10.4. The van der Waals surface area contributed by atoms with Crippen LogP contribution in [-0.2, 0) is 14.3 Å². The molecule has 2 fully saturated rings. The van der Waals surface area contributed by atoms with Crippen LogP contribution in [0.15, 0.2) is 71.6 Å². The number of fused-ring (bicyclic) bond motifs is 2. The molecular formula is C24H26N4O3S. The van der Waals surface area contributed by atoms with Gasteiger partial charge >= 0.3 is 0 Å². The second kappa shape index (κ2) is 7.95. The fourth-order valence-electron chi connectivity index (χ4n) is 4.82. The van der Waals surface area contributed by atoms with E-state index in [0.29, 0.717) is 19.5 Å². The molecule has 8 heteroatoms. The van der Waals surface area contributed by atoms with Crippen LogP contribution >= 0.6 is 0 Å². The summed E-state index contributed by atoms with van der Waals surface area (Å²) < 4.78 is 32.1. The van der Waals surface area contributed by atoms with Gasteiger partial charge in [-0.15, -0.1) is 10.2 Å². The molecule has 2 aromatic carbocycles. The van der Waals surface area contributed by atoms with Crippen molar-refractivity contribution in [3.8, 4) is 11.3 Å². The van der Waals surface area contributed by atoms with Crippen molar-refractivity contribution in [3.05, 3.63) is 72.3 Å². The molecule has 32 heavy (non-hydrogen) atoms. The maximum Gasteiger partial charge on any atom is 0.297 e. The van der Waals surface area contributed by atoms with Gasteiger partial charge in [-0.2, -0.15) is 8.42 Å². The predicted molar refractivity (Wildman–Crippen MR) is 123 cm³/mol. The molecule has 1 aromatic heterocycles. The summed E-state index contributed by atoms with van der Waals surface area (Å²) in [6.45, 7) is 3.74. The van der Waals surface area contributed by atoms with Crippen molar-refractivity contribution in [3.63, 3.8) is 0 Å². The van der Waals surface area contributed by atoms with Gasteiger partial charge in [0.15, 0.2) is 5.82 Å². The van der Waals surface area contributed by atoms with Gasteiger partial charge in [-0.1, -0.05) is 48.0 Å². The van der Waals surface area contributed by atoms with E-state index >= 15 is 0 Å². The Bertz CT molecular complexity index is 1200. The van der Waals surface area contributed by atoms with Gasteiger partial charge in [-0.05, 0) is 38.2 Å². The first-order valence-corrected chi connectivity index (χ1v) is 12.1. The van der Waals surface area contributed by atoms with Crippen molar-refractivity contribution >= 4 is 15.9 Å². The highest BCUT2D eigenvalue weighted by Gasteiger charge is 2.52. The molecule has 2 bridgehead atoms. The van der Waals surface area contributed by atoms with E-state index in [1.54, 1.807) is 24.3 Å². The van der Waals surface area contributed by atoms with Gasteiger partial charge in [0.1, 0.15) is 5.60 Å². The van der Waals surface area contributed by atoms with E-state index in [1.807, 2.05) is 56.4 Å². The number of rotatable bonds is 5. The molecular weight excluding hydrogens is 424 g/mol. The molecule has 2 saturated heterocycles. The van der Waals surface area contributed by atoms with Crippen LogP contribution in [-0.4, -0.2) is 61.8 Å². The summed E-state index contributed by atoms with van der Waals surface area (Å²) in [4.78, 5) is 4.45. The first-order chi connectivity index (χ1) is 15.3. The topological polar surface area (TPSA) is 75.6 Å². The van der Waals surface area contributed by atoms with E-state index in [9.17, 15) is 8.42 Å². The fourth-order valence-corrected chi connectivity index (χ4v) is 6.02. The van der Waals surface area contributed by atoms with E-state index < -0.39 is 15.7 Å². The molecule has 0 aliphatic carbocycles. The van der Waals surface area contributed by atoms with E-state index in [0.717, 1.165) is 29.2 Å². The summed E-state index contributed by atoms with van der Waals surface area (Å²) in [6, 6.07) is 20.7. The molecule has 0 saturated carbocycles. The van der Waals surface area contributed by atoms with Crippen LogP contribution in [0.4, 0.5) is 5.82 Å². The van der Waals surface area contributed by atoms with Crippen molar-refractivity contribution in [2.75, 3.05) is 31.6 Å². The Morgan fingerprint density at radius 1 is 0.969 bits per heavy atom. The van der Waals surface area contributed by atoms with Crippen LogP contribution in [0.5, 0.6) is 0 Å². The van der Waals surface area contributed by atoms with E-state index in [-0.39, 0.29) is 10.9 Å². The van der Waals surface area contributed by atoms with Crippen molar-refractivity contribution in [2.45, 2.75) is 29.9 Å². The molecule has 7 nitrogen and oxygen atoms in total. The van der Waals surface area contributed by atoms with Crippen molar-refractivity contribution in [1.29, 1.82) is 0 Å². The van der Waals surface area contributed by atoms with Gasteiger partial charge in [-0.25, -0.2) is 0 Å². The summed E-state index contributed by atoms with van der Waals surface area (Å²) in [5.74, 6) is 0.739. The first kappa shape index (κ1) is 21.1. The summed E-state index contributed by atoms with van der Waals surface area (Å²) in [5, 5.41) is 8.89. The minimum Gasteiger partial charge on any atom is -0.348 e. The zero-order chi connectivity index (χ0) is 22.3. The normalized spacial score (nSPS) is 23.4. The maximum atomic E-state index is 13.1. The van der Waals surface area contributed by atoms with Crippen LogP contribution in [0.1, 0.15) is 12.0 Å². The number of nitrogens with zero attached hydrogens (tertiary/aromatic N) is 4. The lowest BCUT2D eigenvalue weighted by atomic mass is 9.96. The average Bonchev–Trinajstić information content (AvgIpc) is 3.04. The van der Waals surface area contributed by atoms with E-state index in [4.69, 9.17) is 4.18 Å². The molecule has 2 aliphatic rings. The number of likely N-dealkylation sites (tertiary alicyclic amines) is 1. The molecule has 5 rings (SSSR count). The molecule has 0 radical (unpaired) electrons. The maximum absolute atomic E-state index is 13.1. The molecule has 3 heterocycles. The number of hydrogen-bond acceptors (Lipinski definition) is 7. The van der Waals surface area contributed by atoms with Gasteiger partial charge < -0.3 is 9.80 Å². The first-order valence-electron chi connectivity index (χ1n) is 10.7. The molecule has 0 amide bonds. The van der Waals surface area contributed by atoms with Crippen LogP contribution < -0.4 is 4.90 Å². The lowest BCUT2D eigenvalue weighted by Gasteiger charge is -2.36. The second-order valence-electron chi connectivity index (χ2n) is 8.86. The Morgan fingerprint density at radius 3 is 2.41 bits per heavy atom. The Morgan fingerprint density at radius 2 is 1.72 bits per heavy atom. The number of piperidine rings is 1. The fraction of sp³-hybridized carbons (Fsp3) is 0.333. The molecule has 2 aliphatic heterocycles. The SMILES string of the molecule is Cc1ccc(S(=O)(=O)OC23CC(CN(C)C2)N(c2ccc(-c4ccccc4)nn2)C3)cc1. The van der Waals surface area contributed by atoms with Gasteiger partial charge in [0.25, 0.3) is 10.1 Å². The van der Waals surface area contributed by atoms with Crippen molar-refractivity contribution in [1.82, 2.24) is 15.1 Å². The van der Waals surface area contributed by atoms with Crippen LogP contribution in [0.2, 0.25) is 0 Å². The number of benzene rings is 2. The van der Waals surface area contributed by atoms with Gasteiger partial charge in [0, 0.05) is 31.1 Å². The number of aryl methyl sites for hydroxylation is 1. The minimum atomic E-state index is -3.88. The summed E-state index contributed by atoms with van der Waals surface area (Å²) in [5.41, 5.74) is 2.00. The molecule has 2 unspecified atom stereocenters. The molecule has 0 N–H and O–H groups in total. The smallest absolute Gasteiger partial charge is 0.297 e. The van der Waals surface area contributed by atoms with Crippen LogP contribution in [0, 0.1) is 6.92 Å². The zero-order valence-corrected chi connectivity index (χ0v) is 19.0. The van der Waals surface area contributed by atoms with Crippen molar-refractivity contribution in [2.24, 2.45) is 0 Å². The van der Waals surface area contributed by atoms with Crippen LogP contribution in [0.25, 0.3) is 11.3 Å². The largest absolute Gasteiger partial charge is 0.348 e. The number of likely N-dealkylation sites (N-methyl/N-ethyl adjacent to an activating group) is 1. The summed E-state index contributed by atoms with van der Waals surface area (Å²) in [7, 11) is -1.89. The minimum absolute atomic E-state index is 0.110. The number of aromatic nitrogens is 2. The van der Waals surface area contributed by atoms with Gasteiger partial charge in [-0.3, -0.25) is 4.18 Å². The predicted octanol–water partition coefficient (Wildman–Crippen LogP) is 3.12. The third-order valence-electron chi connectivity index (χ3n) is 6.20. The quantitative estimate of drug-likeness (QED) is 0.553. The standard InChI is InChI=1S/C24H26N4O3S/c1-18-8-10-21(11-9-18)32(29,30)31-24-14-20(15-27(2)16-24)28(17-24)23-13-12-22(25-26-23)19-6-4-3-5-7-19/h3-13,20H,14-17H2,1-2H3. The highest BCUT2D eigenvalue weighted by Crippen LogP contribution is 2.40. The number of anilines is 1. The Balaban J connectivity index is 1.40. The average molecular weight is 451 g/mol. The third kappa shape index (κ3) is 4.01. The monoisotopic (exact) mass is 450 g/mol. The van der Waals surface area contributed by atoms with E-state index in [1.165, 1.54) is 0 Å². The van der Waals surface area contributed by atoms with Crippen molar-refractivity contribution < 1.29 is 12.6 Å². The Hall–Kier alpha value is -2.81. The third-order valence-corrected chi connectivity index (χ3v) is 7.62. The summed E-state index contributed by atoms with van der Waals surface area (Å²) >= 11 is 0. The molecule has 0 spiro atoms. The zero-order valence-electron chi connectivity index (χ0n) is 18.2. The highest BCUT2D eigenvalue weighted by atomic mass is 32.2. The lowest BCUT2D eigenvalue weighted by molar-refractivity contribution is 0.0375. The molecule has 166 valence electrons. The molecule has 2 atom stereocenters. The van der Waals surface area contributed by atoms with Gasteiger partial charge in [0.05, 0.1) is 17.1 Å². The summed E-state index contributed by atoms with van der Waals surface area (Å²) in [6.07, 6.45) is 0.630. The highest BCUT2D eigenvalue weighted by molar-refractivity contribution is 7.86. The number of hydrogen-bond donors (Lipinski definition) is 0. The van der Waals surface area contributed by atoms with Crippen LogP contribution in [0.3, 0.4) is 0 Å². The Labute approximate surface area is 188 Å². The van der Waals surface area contributed by atoms with Gasteiger partial charge in [0.2, 0.25) is 0 Å². The molecule has 3 aromatic rings.